The molecule has 0 saturated carbocycles. The molecule has 110 valence electrons. The summed E-state index contributed by atoms with van der Waals surface area (Å²) in [6.45, 7) is 2.74. The van der Waals surface area contributed by atoms with Gasteiger partial charge in [-0.2, -0.15) is 0 Å². The van der Waals surface area contributed by atoms with E-state index >= 15 is 0 Å². The molecule has 0 unspecified atom stereocenters. The molecule has 1 rings (SSSR count). The van der Waals surface area contributed by atoms with E-state index in [-0.39, 0.29) is 18.5 Å². The van der Waals surface area contributed by atoms with Crippen molar-refractivity contribution in [2.75, 3.05) is 30.9 Å². The summed E-state index contributed by atoms with van der Waals surface area (Å²) in [5, 5.41) is 8.15. The van der Waals surface area contributed by atoms with E-state index in [9.17, 15) is 9.59 Å². The largest absolute Gasteiger partial charge is 0.375 e. The molecule has 0 bridgehead atoms. The number of hydrogen-bond donors (Lipinski definition) is 3. The maximum atomic E-state index is 11.5. The number of amides is 3. The van der Waals surface area contributed by atoms with Crippen LogP contribution in [0.15, 0.2) is 24.3 Å². The van der Waals surface area contributed by atoms with Crippen molar-refractivity contribution in [1.82, 2.24) is 5.32 Å². The van der Waals surface area contributed by atoms with Crippen LogP contribution in [0, 0.1) is 0 Å². The Bertz CT molecular complexity index is 432. The highest BCUT2D eigenvalue weighted by atomic mass is 16.5. The lowest BCUT2D eigenvalue weighted by Gasteiger charge is -2.08. The third-order valence-electron chi connectivity index (χ3n) is 2.52. The van der Waals surface area contributed by atoms with Gasteiger partial charge in [-0.05, 0) is 30.7 Å². The number of ether oxygens (including phenoxy) is 1. The van der Waals surface area contributed by atoms with Crippen LogP contribution in [0.4, 0.5) is 16.2 Å². The van der Waals surface area contributed by atoms with Crippen LogP contribution in [-0.2, 0) is 9.53 Å². The maximum absolute atomic E-state index is 11.5. The van der Waals surface area contributed by atoms with Gasteiger partial charge in [0.25, 0.3) is 0 Å². The zero-order chi connectivity index (χ0) is 14.8. The Labute approximate surface area is 118 Å². The first-order valence-corrected chi connectivity index (χ1v) is 6.59. The van der Waals surface area contributed by atoms with Crippen molar-refractivity contribution in [3.8, 4) is 0 Å². The maximum Gasteiger partial charge on any atom is 0.319 e. The second-order valence-electron chi connectivity index (χ2n) is 4.29. The van der Waals surface area contributed by atoms with Gasteiger partial charge in [-0.3, -0.25) is 4.79 Å². The molecule has 3 amide bonds. The lowest BCUT2D eigenvalue weighted by molar-refractivity contribution is -0.119. The second-order valence-corrected chi connectivity index (χ2v) is 4.29. The molecular weight excluding hydrogens is 258 g/mol. The minimum absolute atomic E-state index is 0.0137. The number of hydrogen-bond acceptors (Lipinski definition) is 3. The van der Waals surface area contributed by atoms with Gasteiger partial charge in [-0.1, -0.05) is 13.3 Å². The van der Waals surface area contributed by atoms with Crippen molar-refractivity contribution in [2.45, 2.75) is 19.8 Å². The molecule has 6 nitrogen and oxygen atoms in total. The lowest BCUT2D eigenvalue weighted by Crippen LogP contribution is -2.29. The van der Waals surface area contributed by atoms with Crippen molar-refractivity contribution in [2.24, 2.45) is 0 Å². The van der Waals surface area contributed by atoms with Gasteiger partial charge in [0.15, 0.2) is 0 Å². The van der Waals surface area contributed by atoms with Crippen molar-refractivity contribution in [3.05, 3.63) is 24.3 Å². The van der Waals surface area contributed by atoms with E-state index in [0.717, 1.165) is 12.8 Å². The average Bonchev–Trinajstić information content (AvgIpc) is 2.41. The quantitative estimate of drug-likeness (QED) is 0.669. The fraction of sp³-hybridized carbons (Fsp3) is 0.429. The number of rotatable bonds is 7. The van der Waals surface area contributed by atoms with Crippen LogP contribution in [0.1, 0.15) is 19.8 Å². The summed E-state index contributed by atoms with van der Waals surface area (Å²) in [5.74, 6) is -0.217. The molecule has 0 saturated heterocycles. The highest BCUT2D eigenvalue weighted by Gasteiger charge is 2.03. The minimum atomic E-state index is -0.227. The summed E-state index contributed by atoms with van der Waals surface area (Å²) in [7, 11) is 1.46. The van der Waals surface area contributed by atoms with E-state index in [0.29, 0.717) is 17.9 Å². The van der Waals surface area contributed by atoms with Crippen LogP contribution in [0.5, 0.6) is 0 Å². The smallest absolute Gasteiger partial charge is 0.319 e. The zero-order valence-corrected chi connectivity index (χ0v) is 11.9. The average molecular weight is 279 g/mol. The van der Waals surface area contributed by atoms with Gasteiger partial charge in [0, 0.05) is 25.0 Å². The Balaban J connectivity index is 2.42. The van der Waals surface area contributed by atoms with Gasteiger partial charge in [0.05, 0.1) is 0 Å². The molecule has 0 fully saturated rings. The molecule has 0 aliphatic rings. The summed E-state index contributed by atoms with van der Waals surface area (Å²) < 4.78 is 4.72. The minimum Gasteiger partial charge on any atom is -0.375 e. The van der Waals surface area contributed by atoms with Crippen LogP contribution in [0.3, 0.4) is 0 Å². The van der Waals surface area contributed by atoms with Crippen LogP contribution < -0.4 is 16.0 Å². The molecule has 20 heavy (non-hydrogen) atoms. The Morgan fingerprint density at radius 3 is 2.25 bits per heavy atom. The van der Waals surface area contributed by atoms with Crippen LogP contribution in [0.2, 0.25) is 0 Å². The van der Waals surface area contributed by atoms with Crippen molar-refractivity contribution in [1.29, 1.82) is 0 Å². The van der Waals surface area contributed by atoms with Gasteiger partial charge in [-0.25, -0.2) is 4.79 Å². The number of carbonyl (C=O) groups excluding carboxylic acids is 2. The Kier molecular flexibility index (Phi) is 7.13. The first-order valence-electron chi connectivity index (χ1n) is 6.59. The first kappa shape index (κ1) is 16.0. The summed E-state index contributed by atoms with van der Waals surface area (Å²) in [6.07, 6.45) is 1.99. The molecule has 1 aromatic rings. The van der Waals surface area contributed by atoms with Crippen LogP contribution in [0.25, 0.3) is 0 Å². The molecule has 0 aliphatic carbocycles. The number of unbranched alkanes of at least 4 members (excludes halogenated alkanes) is 1. The SMILES string of the molecule is CCCCNC(=O)Nc1ccc(NC(=O)COC)cc1. The highest BCUT2D eigenvalue weighted by molar-refractivity contribution is 5.93. The topological polar surface area (TPSA) is 79.5 Å². The van der Waals surface area contributed by atoms with Crippen LogP contribution in [-0.4, -0.2) is 32.2 Å². The molecule has 0 spiro atoms. The molecule has 0 aliphatic heterocycles. The second kappa shape index (κ2) is 8.92. The summed E-state index contributed by atoms with van der Waals surface area (Å²) in [4.78, 5) is 22.8. The number of urea groups is 1. The number of carbonyl (C=O) groups is 2. The van der Waals surface area contributed by atoms with Crippen molar-refractivity contribution < 1.29 is 14.3 Å². The fourth-order valence-electron chi connectivity index (χ4n) is 1.52. The van der Waals surface area contributed by atoms with E-state index < -0.39 is 0 Å². The molecular formula is C14H21N3O3. The van der Waals surface area contributed by atoms with Gasteiger partial charge in [0.2, 0.25) is 5.91 Å². The molecule has 3 N–H and O–H groups in total. The lowest BCUT2D eigenvalue weighted by atomic mass is 10.3. The van der Waals surface area contributed by atoms with Crippen molar-refractivity contribution in [3.63, 3.8) is 0 Å². The van der Waals surface area contributed by atoms with Gasteiger partial charge in [0.1, 0.15) is 6.61 Å². The Hall–Kier alpha value is -2.08. The molecule has 0 atom stereocenters. The van der Waals surface area contributed by atoms with E-state index in [1.807, 2.05) is 0 Å². The number of nitrogens with one attached hydrogen (secondary N) is 3. The standard InChI is InChI=1S/C14H21N3O3/c1-3-4-9-15-14(19)17-12-7-5-11(6-8-12)16-13(18)10-20-2/h5-8H,3-4,9-10H2,1-2H3,(H,16,18)(H2,15,17,19). The molecule has 1 aromatic carbocycles. The molecule has 0 radical (unpaired) electrons. The zero-order valence-electron chi connectivity index (χ0n) is 11.9. The third kappa shape index (κ3) is 6.19. The predicted molar refractivity (Wildman–Crippen MR) is 78.9 cm³/mol. The molecule has 6 heteroatoms. The summed E-state index contributed by atoms with van der Waals surface area (Å²) in [5.41, 5.74) is 1.33. The van der Waals surface area contributed by atoms with E-state index in [2.05, 4.69) is 22.9 Å². The van der Waals surface area contributed by atoms with Gasteiger partial charge >= 0.3 is 6.03 Å². The fourth-order valence-corrected chi connectivity index (χ4v) is 1.52. The molecule has 0 aromatic heterocycles. The van der Waals surface area contributed by atoms with E-state index in [1.165, 1.54) is 7.11 Å². The number of anilines is 2. The monoisotopic (exact) mass is 279 g/mol. The van der Waals surface area contributed by atoms with Gasteiger partial charge < -0.3 is 20.7 Å². The summed E-state index contributed by atoms with van der Waals surface area (Å²) >= 11 is 0. The highest BCUT2D eigenvalue weighted by Crippen LogP contribution is 2.13. The Morgan fingerprint density at radius 2 is 1.70 bits per heavy atom. The first-order chi connectivity index (χ1) is 9.65. The number of benzene rings is 1. The third-order valence-corrected chi connectivity index (χ3v) is 2.52. The predicted octanol–water partition coefficient (Wildman–Crippen LogP) is 2.19. The van der Waals surface area contributed by atoms with Crippen LogP contribution >= 0.6 is 0 Å². The molecule has 0 heterocycles. The normalized spacial score (nSPS) is 9.90. The van der Waals surface area contributed by atoms with Gasteiger partial charge in [-0.15, -0.1) is 0 Å². The van der Waals surface area contributed by atoms with Crippen molar-refractivity contribution >= 4 is 23.3 Å². The van der Waals surface area contributed by atoms with E-state index in [4.69, 9.17) is 4.74 Å². The Morgan fingerprint density at radius 1 is 1.10 bits per heavy atom. The summed E-state index contributed by atoms with van der Waals surface area (Å²) in [6, 6.07) is 6.66. The van der Waals surface area contributed by atoms with E-state index in [1.54, 1.807) is 24.3 Å². The number of methoxy groups -OCH3 is 1.